The molecule has 38 heavy (non-hydrogen) atoms. The van der Waals surface area contributed by atoms with Crippen LogP contribution < -0.4 is 15.5 Å². The summed E-state index contributed by atoms with van der Waals surface area (Å²) in [7, 11) is 4.01. The standard InChI is InChI=1S/C30H30N6O2/c1-35(2)24-7-5-6-23(19-24)32-28-14-15-29(34-33-28)36-20-22(26-8-3-4-9-27(26)36)18-30(38)31-17-16-21-10-12-25(37)13-11-21/h3-15,19-20,37H,16-18H2,1-2H3,(H,31,38)(H,32,33). The molecule has 8 nitrogen and oxygen atoms in total. The summed E-state index contributed by atoms with van der Waals surface area (Å²) >= 11 is 0. The van der Waals surface area contributed by atoms with Gasteiger partial charge < -0.3 is 20.6 Å². The number of carbonyl (C=O) groups is 1. The van der Waals surface area contributed by atoms with E-state index < -0.39 is 0 Å². The van der Waals surface area contributed by atoms with Gasteiger partial charge in [0.05, 0.1) is 11.9 Å². The van der Waals surface area contributed by atoms with Crippen LogP contribution in [0.1, 0.15) is 11.1 Å². The second-order valence-corrected chi connectivity index (χ2v) is 9.33. The van der Waals surface area contributed by atoms with E-state index in [1.54, 1.807) is 12.1 Å². The van der Waals surface area contributed by atoms with Gasteiger partial charge in [-0.3, -0.25) is 9.36 Å². The molecule has 0 saturated carbocycles. The van der Waals surface area contributed by atoms with Gasteiger partial charge in [0, 0.05) is 43.6 Å². The summed E-state index contributed by atoms with van der Waals surface area (Å²) in [5.74, 6) is 1.51. The zero-order valence-corrected chi connectivity index (χ0v) is 21.4. The molecule has 0 spiro atoms. The second kappa shape index (κ2) is 11.0. The van der Waals surface area contributed by atoms with E-state index >= 15 is 0 Å². The maximum atomic E-state index is 12.7. The highest BCUT2D eigenvalue weighted by Crippen LogP contribution is 2.25. The molecule has 5 aromatic rings. The fraction of sp³-hybridized carbons (Fsp3) is 0.167. The SMILES string of the molecule is CN(C)c1cccc(Nc2ccc(-n3cc(CC(=O)NCCc4ccc(O)cc4)c4ccccc43)nn2)c1. The van der Waals surface area contributed by atoms with E-state index in [1.165, 1.54) is 0 Å². The summed E-state index contributed by atoms with van der Waals surface area (Å²) in [5.41, 5.74) is 4.97. The van der Waals surface area contributed by atoms with Gasteiger partial charge in [0.1, 0.15) is 5.75 Å². The first-order valence-corrected chi connectivity index (χ1v) is 12.5. The number of hydrogen-bond donors (Lipinski definition) is 3. The molecular weight excluding hydrogens is 476 g/mol. The van der Waals surface area contributed by atoms with Crippen LogP contribution in [-0.2, 0) is 17.6 Å². The van der Waals surface area contributed by atoms with Crippen LogP contribution in [0.5, 0.6) is 5.75 Å². The van der Waals surface area contributed by atoms with Crippen molar-refractivity contribution >= 4 is 34.0 Å². The molecule has 8 heteroatoms. The second-order valence-electron chi connectivity index (χ2n) is 9.33. The van der Waals surface area contributed by atoms with Crippen molar-refractivity contribution in [3.63, 3.8) is 0 Å². The minimum atomic E-state index is -0.0442. The number of benzene rings is 3. The van der Waals surface area contributed by atoms with Crippen molar-refractivity contribution in [2.45, 2.75) is 12.8 Å². The maximum absolute atomic E-state index is 12.7. The van der Waals surface area contributed by atoms with Crippen molar-refractivity contribution in [1.29, 1.82) is 0 Å². The summed E-state index contributed by atoms with van der Waals surface area (Å²) in [6, 6.07) is 26.9. The molecule has 5 rings (SSSR count). The van der Waals surface area contributed by atoms with Crippen molar-refractivity contribution in [2.24, 2.45) is 0 Å². The van der Waals surface area contributed by atoms with E-state index in [9.17, 15) is 9.90 Å². The Morgan fingerprint density at radius 3 is 2.53 bits per heavy atom. The molecule has 0 unspecified atom stereocenters. The lowest BCUT2D eigenvalue weighted by Crippen LogP contribution is -2.27. The first kappa shape index (κ1) is 24.8. The molecule has 0 atom stereocenters. The fourth-order valence-electron chi connectivity index (χ4n) is 4.36. The number of amides is 1. The third-order valence-corrected chi connectivity index (χ3v) is 6.35. The molecule has 192 valence electrons. The van der Waals surface area contributed by atoms with Crippen LogP contribution >= 0.6 is 0 Å². The molecule has 0 aliphatic rings. The Bertz CT molecular complexity index is 1540. The first-order valence-electron chi connectivity index (χ1n) is 12.5. The quantitative estimate of drug-likeness (QED) is 0.265. The summed E-state index contributed by atoms with van der Waals surface area (Å²) in [6.45, 7) is 0.527. The van der Waals surface area contributed by atoms with E-state index in [2.05, 4.69) is 26.9 Å². The maximum Gasteiger partial charge on any atom is 0.224 e. The van der Waals surface area contributed by atoms with Crippen LogP contribution in [0, 0.1) is 0 Å². The van der Waals surface area contributed by atoms with Crippen molar-refractivity contribution < 1.29 is 9.90 Å². The number of aromatic hydroxyl groups is 1. The van der Waals surface area contributed by atoms with Crippen molar-refractivity contribution in [2.75, 3.05) is 30.9 Å². The number of fused-ring (bicyclic) bond motifs is 1. The zero-order chi connectivity index (χ0) is 26.5. The van der Waals surface area contributed by atoms with Crippen LogP contribution in [0.2, 0.25) is 0 Å². The Kier molecular flexibility index (Phi) is 7.21. The number of phenolic OH excluding ortho intramolecular Hbond substituents is 1. The van der Waals surface area contributed by atoms with Gasteiger partial charge in [-0.25, -0.2) is 0 Å². The Morgan fingerprint density at radius 1 is 0.947 bits per heavy atom. The Balaban J connectivity index is 1.28. The van der Waals surface area contributed by atoms with Gasteiger partial charge in [-0.05, 0) is 66.1 Å². The molecule has 0 saturated heterocycles. The summed E-state index contributed by atoms with van der Waals surface area (Å²) < 4.78 is 1.97. The van der Waals surface area contributed by atoms with Crippen LogP contribution in [0.4, 0.5) is 17.2 Å². The average molecular weight is 507 g/mol. The lowest BCUT2D eigenvalue weighted by atomic mass is 10.1. The largest absolute Gasteiger partial charge is 0.508 e. The zero-order valence-electron chi connectivity index (χ0n) is 21.4. The first-order chi connectivity index (χ1) is 18.5. The van der Waals surface area contributed by atoms with E-state index in [1.807, 2.05) is 96.5 Å². The number of nitrogens with zero attached hydrogens (tertiary/aromatic N) is 4. The molecule has 2 heterocycles. The number of para-hydroxylation sites is 1. The highest BCUT2D eigenvalue weighted by atomic mass is 16.3. The average Bonchev–Trinajstić information content (AvgIpc) is 3.28. The molecule has 0 aliphatic heterocycles. The topological polar surface area (TPSA) is 95.3 Å². The third-order valence-electron chi connectivity index (χ3n) is 6.35. The Morgan fingerprint density at radius 2 is 1.76 bits per heavy atom. The Hall–Kier alpha value is -4.85. The van der Waals surface area contributed by atoms with Gasteiger partial charge >= 0.3 is 0 Å². The molecule has 0 radical (unpaired) electrons. The van der Waals surface area contributed by atoms with Gasteiger partial charge in [-0.15, -0.1) is 10.2 Å². The molecule has 2 aromatic heterocycles. The highest BCUT2D eigenvalue weighted by molar-refractivity contribution is 5.90. The smallest absolute Gasteiger partial charge is 0.224 e. The molecule has 0 fully saturated rings. The number of phenols is 1. The molecule has 0 bridgehead atoms. The summed E-state index contributed by atoms with van der Waals surface area (Å²) in [4.78, 5) is 14.8. The number of nitrogens with one attached hydrogen (secondary N) is 2. The fourth-order valence-corrected chi connectivity index (χ4v) is 4.36. The van der Waals surface area contributed by atoms with Crippen LogP contribution in [0.15, 0.2) is 91.1 Å². The van der Waals surface area contributed by atoms with Gasteiger partial charge in [0.15, 0.2) is 11.6 Å². The minimum absolute atomic E-state index is 0.0442. The van der Waals surface area contributed by atoms with E-state index in [0.717, 1.165) is 33.4 Å². The van der Waals surface area contributed by atoms with Gasteiger partial charge in [0.25, 0.3) is 0 Å². The monoisotopic (exact) mass is 506 g/mol. The van der Waals surface area contributed by atoms with E-state index in [4.69, 9.17) is 0 Å². The third kappa shape index (κ3) is 5.75. The molecule has 1 amide bonds. The summed E-state index contributed by atoms with van der Waals surface area (Å²) in [5, 5.41) is 25.6. The molecular formula is C30H30N6O2. The number of rotatable bonds is 9. The molecule has 3 N–H and O–H groups in total. The van der Waals surface area contributed by atoms with Gasteiger partial charge in [-0.2, -0.15) is 0 Å². The lowest BCUT2D eigenvalue weighted by molar-refractivity contribution is -0.120. The highest BCUT2D eigenvalue weighted by Gasteiger charge is 2.14. The van der Waals surface area contributed by atoms with E-state index in [0.29, 0.717) is 24.6 Å². The Labute approximate surface area is 221 Å². The number of aromatic nitrogens is 3. The molecule has 3 aromatic carbocycles. The van der Waals surface area contributed by atoms with E-state index in [-0.39, 0.29) is 18.1 Å². The number of hydrogen-bond acceptors (Lipinski definition) is 6. The lowest BCUT2D eigenvalue weighted by Gasteiger charge is -2.14. The summed E-state index contributed by atoms with van der Waals surface area (Å²) in [6.07, 6.45) is 2.92. The van der Waals surface area contributed by atoms with Gasteiger partial charge in [0.2, 0.25) is 5.91 Å². The molecule has 0 aliphatic carbocycles. The van der Waals surface area contributed by atoms with Gasteiger partial charge in [-0.1, -0.05) is 36.4 Å². The normalized spacial score (nSPS) is 10.9. The predicted molar refractivity (Wildman–Crippen MR) is 151 cm³/mol. The van der Waals surface area contributed by atoms with Crippen molar-refractivity contribution in [3.05, 3.63) is 102 Å². The predicted octanol–water partition coefficient (Wildman–Crippen LogP) is 4.84. The number of carbonyl (C=O) groups excluding carboxylic acids is 1. The minimum Gasteiger partial charge on any atom is -0.508 e. The number of anilines is 3. The van der Waals surface area contributed by atoms with Crippen molar-refractivity contribution in [3.8, 4) is 11.6 Å². The van der Waals surface area contributed by atoms with Crippen LogP contribution in [0.25, 0.3) is 16.7 Å². The van der Waals surface area contributed by atoms with Crippen LogP contribution in [0.3, 0.4) is 0 Å². The van der Waals surface area contributed by atoms with Crippen LogP contribution in [-0.4, -0.2) is 46.4 Å². The van der Waals surface area contributed by atoms with Crippen molar-refractivity contribution in [1.82, 2.24) is 20.1 Å².